The predicted octanol–water partition coefficient (Wildman–Crippen LogP) is 5.26. The Morgan fingerprint density at radius 2 is 1.85 bits per heavy atom. The van der Waals surface area contributed by atoms with Crippen LogP contribution in [-0.2, 0) is 11.2 Å². The first-order valence-electron chi connectivity index (χ1n) is 10.6. The number of pyridine rings is 1. The number of aliphatic hydroxyl groups is 1. The van der Waals surface area contributed by atoms with Crippen LogP contribution in [0, 0.1) is 6.92 Å². The predicted molar refractivity (Wildman–Crippen MR) is 129 cm³/mol. The fraction of sp³-hybridized carbons (Fsp3) is 0.269. The summed E-state index contributed by atoms with van der Waals surface area (Å²) in [6, 6.07) is 12.1. The molecule has 0 spiro atoms. The topological polar surface area (TPSA) is 96.7 Å². The third-order valence-electron chi connectivity index (χ3n) is 5.22. The highest BCUT2D eigenvalue weighted by Gasteiger charge is 2.21. The molecule has 3 aromatic rings. The molecule has 0 atom stereocenters. The van der Waals surface area contributed by atoms with Crippen molar-refractivity contribution in [2.45, 2.75) is 39.2 Å². The number of aromatic nitrogens is 1. The number of hydrogen-bond acceptors (Lipinski definition) is 5. The molecule has 3 rings (SSSR count). The van der Waals surface area contributed by atoms with Gasteiger partial charge in [0.1, 0.15) is 11.4 Å². The first kappa shape index (κ1) is 24.4. The normalized spacial score (nSPS) is 11.8. The summed E-state index contributed by atoms with van der Waals surface area (Å²) < 4.78 is 6.14. The minimum atomic E-state index is -1.46. The maximum Gasteiger partial charge on any atom is 0.335 e. The SMILES string of the molecule is Cc1c(C=CC(=O)C(C)(C)O)nc2ccc(Cl)cc2c1OCCCc1ccc(C(=O)O)cc1. The van der Waals surface area contributed by atoms with Crippen molar-refractivity contribution in [2.75, 3.05) is 6.61 Å². The van der Waals surface area contributed by atoms with E-state index in [9.17, 15) is 14.7 Å². The Balaban J connectivity index is 1.80. The second-order valence-corrected chi connectivity index (χ2v) is 8.76. The molecule has 0 bridgehead atoms. The molecule has 0 unspecified atom stereocenters. The number of halogens is 1. The highest BCUT2D eigenvalue weighted by atomic mass is 35.5. The summed E-state index contributed by atoms with van der Waals surface area (Å²) in [5, 5.41) is 20.2. The van der Waals surface area contributed by atoms with Crippen molar-refractivity contribution in [3.63, 3.8) is 0 Å². The van der Waals surface area contributed by atoms with Gasteiger partial charge in [0.25, 0.3) is 0 Å². The Labute approximate surface area is 197 Å². The molecule has 0 radical (unpaired) electrons. The fourth-order valence-corrected chi connectivity index (χ4v) is 3.46. The lowest BCUT2D eigenvalue weighted by atomic mass is 10.0. The number of nitrogens with zero attached hydrogens (tertiary/aromatic N) is 1. The van der Waals surface area contributed by atoms with Crippen LogP contribution in [0.15, 0.2) is 48.5 Å². The van der Waals surface area contributed by atoms with Crippen molar-refractivity contribution in [2.24, 2.45) is 0 Å². The van der Waals surface area contributed by atoms with E-state index in [4.69, 9.17) is 21.4 Å². The molecule has 172 valence electrons. The van der Waals surface area contributed by atoms with Gasteiger partial charge in [-0.1, -0.05) is 23.7 Å². The molecule has 6 nitrogen and oxygen atoms in total. The Morgan fingerprint density at radius 3 is 2.48 bits per heavy atom. The average molecular weight is 468 g/mol. The van der Waals surface area contributed by atoms with E-state index in [0.717, 1.165) is 29.4 Å². The molecule has 0 aliphatic heterocycles. The number of rotatable bonds is 9. The Kier molecular flexibility index (Phi) is 7.51. The van der Waals surface area contributed by atoms with Crippen molar-refractivity contribution in [3.8, 4) is 5.75 Å². The molecule has 0 saturated heterocycles. The summed E-state index contributed by atoms with van der Waals surface area (Å²) in [7, 11) is 0. The van der Waals surface area contributed by atoms with E-state index in [-0.39, 0.29) is 5.56 Å². The van der Waals surface area contributed by atoms with Crippen molar-refractivity contribution < 1.29 is 24.5 Å². The second kappa shape index (κ2) is 10.1. The largest absolute Gasteiger partial charge is 0.493 e. The number of hydrogen-bond donors (Lipinski definition) is 2. The standard InChI is InChI=1S/C26H26ClNO5/c1-16-21(12-13-23(29)26(2,3)32)28-22-11-10-19(27)15-20(22)24(16)33-14-4-5-17-6-8-18(9-7-17)25(30)31/h6-13,15,32H,4-5,14H2,1-3H3,(H,30,31). The van der Waals surface area contributed by atoms with Crippen LogP contribution >= 0.6 is 11.6 Å². The zero-order valence-electron chi connectivity index (χ0n) is 18.8. The van der Waals surface area contributed by atoms with Crippen LogP contribution in [-0.4, -0.2) is 39.2 Å². The summed E-state index contributed by atoms with van der Waals surface area (Å²) >= 11 is 6.20. The van der Waals surface area contributed by atoms with E-state index in [0.29, 0.717) is 28.6 Å². The number of benzene rings is 2. The molecule has 0 aliphatic carbocycles. The number of aromatic carboxylic acids is 1. The van der Waals surface area contributed by atoms with Crippen LogP contribution in [0.3, 0.4) is 0 Å². The zero-order chi connectivity index (χ0) is 24.2. The number of carboxylic acid groups (broad SMARTS) is 1. The van der Waals surface area contributed by atoms with Gasteiger partial charge in [-0.25, -0.2) is 9.78 Å². The monoisotopic (exact) mass is 467 g/mol. The second-order valence-electron chi connectivity index (χ2n) is 8.32. The third-order valence-corrected chi connectivity index (χ3v) is 5.46. The van der Waals surface area contributed by atoms with Crippen LogP contribution in [0.25, 0.3) is 17.0 Å². The van der Waals surface area contributed by atoms with Crippen LogP contribution in [0.2, 0.25) is 5.02 Å². The third kappa shape index (κ3) is 6.18. The number of aryl methyl sites for hydroxylation is 1. The van der Waals surface area contributed by atoms with Crippen LogP contribution in [0.5, 0.6) is 5.75 Å². The van der Waals surface area contributed by atoms with E-state index in [2.05, 4.69) is 4.98 Å². The zero-order valence-corrected chi connectivity index (χ0v) is 19.5. The fourth-order valence-electron chi connectivity index (χ4n) is 3.29. The van der Waals surface area contributed by atoms with Gasteiger partial charge in [0.15, 0.2) is 5.78 Å². The molecule has 1 aromatic heterocycles. The minimum Gasteiger partial charge on any atom is -0.493 e. The quantitative estimate of drug-likeness (QED) is 0.329. The first-order valence-corrected chi connectivity index (χ1v) is 10.9. The van der Waals surface area contributed by atoms with Crippen molar-refractivity contribution in [1.82, 2.24) is 4.98 Å². The smallest absolute Gasteiger partial charge is 0.335 e. The molecule has 33 heavy (non-hydrogen) atoms. The lowest BCUT2D eigenvalue weighted by Crippen LogP contribution is -2.29. The summed E-state index contributed by atoms with van der Waals surface area (Å²) in [5.74, 6) is -0.729. The van der Waals surface area contributed by atoms with E-state index in [1.54, 1.807) is 48.5 Å². The van der Waals surface area contributed by atoms with Gasteiger partial charge in [-0.3, -0.25) is 4.79 Å². The number of fused-ring (bicyclic) bond motifs is 1. The highest BCUT2D eigenvalue weighted by Crippen LogP contribution is 2.33. The highest BCUT2D eigenvalue weighted by molar-refractivity contribution is 6.31. The van der Waals surface area contributed by atoms with Crippen molar-refractivity contribution in [1.29, 1.82) is 0 Å². The first-order chi connectivity index (χ1) is 15.6. The maximum atomic E-state index is 12.1. The molecule has 0 saturated carbocycles. The Hall–Kier alpha value is -3.22. The minimum absolute atomic E-state index is 0.259. The van der Waals surface area contributed by atoms with Crippen LogP contribution in [0.4, 0.5) is 0 Å². The number of carbonyl (C=O) groups excluding carboxylic acids is 1. The van der Waals surface area contributed by atoms with Crippen molar-refractivity contribution >= 4 is 40.3 Å². The lowest BCUT2D eigenvalue weighted by Gasteiger charge is -2.15. The summed E-state index contributed by atoms with van der Waals surface area (Å²) in [6.07, 6.45) is 4.36. The molecular weight excluding hydrogens is 442 g/mol. The van der Waals surface area contributed by atoms with Gasteiger partial charge in [-0.15, -0.1) is 0 Å². The van der Waals surface area contributed by atoms with Gasteiger partial charge >= 0.3 is 5.97 Å². The molecular formula is C26H26ClNO5. The molecule has 0 amide bonds. The molecule has 2 aromatic carbocycles. The van der Waals surface area contributed by atoms with Crippen LogP contribution in [0.1, 0.15) is 47.4 Å². The van der Waals surface area contributed by atoms with Gasteiger partial charge in [0.2, 0.25) is 0 Å². The lowest BCUT2D eigenvalue weighted by molar-refractivity contribution is -0.128. The Bertz CT molecular complexity index is 1210. The van der Waals surface area contributed by atoms with Crippen molar-refractivity contribution in [3.05, 3.63) is 75.9 Å². The summed E-state index contributed by atoms with van der Waals surface area (Å²) in [5.41, 5.74) is 1.83. The van der Waals surface area contributed by atoms with Crippen LogP contribution < -0.4 is 4.74 Å². The van der Waals surface area contributed by atoms with E-state index in [1.165, 1.54) is 19.9 Å². The molecule has 0 fully saturated rings. The molecule has 2 N–H and O–H groups in total. The molecule has 7 heteroatoms. The summed E-state index contributed by atoms with van der Waals surface area (Å²) in [6.45, 7) is 5.17. The maximum absolute atomic E-state index is 12.1. The van der Waals surface area contributed by atoms with Gasteiger partial charge < -0.3 is 14.9 Å². The van der Waals surface area contributed by atoms with E-state index >= 15 is 0 Å². The molecule has 1 heterocycles. The number of carbonyl (C=O) groups is 2. The number of ketones is 1. The van der Waals surface area contributed by atoms with E-state index < -0.39 is 17.4 Å². The number of carboxylic acids is 1. The molecule has 0 aliphatic rings. The van der Waals surface area contributed by atoms with Gasteiger partial charge in [-0.2, -0.15) is 0 Å². The van der Waals surface area contributed by atoms with Gasteiger partial charge in [0, 0.05) is 16.0 Å². The Morgan fingerprint density at radius 1 is 1.15 bits per heavy atom. The average Bonchev–Trinajstić information content (AvgIpc) is 2.76. The number of ether oxygens (including phenoxy) is 1. The van der Waals surface area contributed by atoms with Gasteiger partial charge in [0.05, 0.1) is 23.4 Å². The van der Waals surface area contributed by atoms with Gasteiger partial charge in [-0.05, 0) is 81.7 Å². The van der Waals surface area contributed by atoms with E-state index in [1.807, 2.05) is 6.92 Å². The summed E-state index contributed by atoms with van der Waals surface area (Å²) in [4.78, 5) is 27.7.